The highest BCUT2D eigenvalue weighted by Crippen LogP contribution is 2.35. The Kier molecular flexibility index (Phi) is 8.77. The summed E-state index contributed by atoms with van der Waals surface area (Å²) in [5, 5.41) is 36.1. The zero-order valence-corrected chi connectivity index (χ0v) is 23.9. The Morgan fingerprint density at radius 1 is 0.689 bits per heavy atom. The lowest BCUT2D eigenvalue weighted by Gasteiger charge is -2.15. The standard InChI is InChI=1S/C36H21BF2N6/c1-24-2-8-31(9-3-24)36(33-15-14-32(44-33)29-10-4-25(5-11-29)18-27(20-40)21-41)35-17-16-34(45(35)37(38)39)30-12-6-26(7-13-30)19-28(22-42)23-43/h2-19H,1H3/b36-33+. The third-order valence-corrected chi connectivity index (χ3v) is 7.12. The molecule has 3 aromatic carbocycles. The number of hydrogen-bond acceptors (Lipinski definition) is 5. The van der Waals surface area contributed by atoms with Crippen LogP contribution in [0.25, 0.3) is 29.0 Å². The minimum absolute atomic E-state index is 0.00451. The van der Waals surface area contributed by atoms with E-state index in [4.69, 9.17) is 26.0 Å². The number of hydrogen-bond donors (Lipinski definition) is 0. The molecule has 5 rings (SSSR count). The van der Waals surface area contributed by atoms with E-state index in [-0.39, 0.29) is 16.8 Å². The first-order valence-corrected chi connectivity index (χ1v) is 13.7. The minimum atomic E-state index is -2.87. The van der Waals surface area contributed by atoms with Crippen molar-refractivity contribution in [1.82, 2.24) is 4.48 Å². The van der Waals surface area contributed by atoms with Gasteiger partial charge in [-0.05, 0) is 65.6 Å². The van der Waals surface area contributed by atoms with Crippen LogP contribution in [0.1, 0.15) is 33.5 Å². The van der Waals surface area contributed by atoms with Crippen molar-refractivity contribution in [2.24, 2.45) is 4.99 Å². The average Bonchev–Trinajstić information content (AvgIpc) is 3.73. The van der Waals surface area contributed by atoms with Crippen molar-refractivity contribution < 1.29 is 8.63 Å². The topological polar surface area (TPSA) is 112 Å². The van der Waals surface area contributed by atoms with Crippen LogP contribution in [0.4, 0.5) is 8.63 Å². The minimum Gasteiger partial charge on any atom is -0.325 e. The van der Waals surface area contributed by atoms with E-state index in [1.165, 1.54) is 12.2 Å². The van der Waals surface area contributed by atoms with Crippen molar-refractivity contribution in [1.29, 1.82) is 21.0 Å². The van der Waals surface area contributed by atoms with E-state index in [9.17, 15) is 8.63 Å². The van der Waals surface area contributed by atoms with E-state index in [1.807, 2.05) is 73.7 Å². The van der Waals surface area contributed by atoms with Gasteiger partial charge in [-0.1, -0.05) is 78.4 Å². The molecule has 0 fully saturated rings. The number of rotatable bonds is 7. The lowest BCUT2D eigenvalue weighted by atomic mass is 9.97. The monoisotopic (exact) mass is 586 g/mol. The van der Waals surface area contributed by atoms with Gasteiger partial charge in [-0.3, -0.25) is 8.63 Å². The Bertz CT molecular complexity index is 2070. The first kappa shape index (κ1) is 29.9. The quantitative estimate of drug-likeness (QED) is 0.162. The Balaban J connectivity index is 1.61. The van der Waals surface area contributed by atoms with Crippen molar-refractivity contribution >= 4 is 30.8 Å². The normalized spacial score (nSPS) is 12.6. The number of aliphatic imine (C=N–C) groups is 1. The number of halogens is 2. The second kappa shape index (κ2) is 13.2. The van der Waals surface area contributed by atoms with E-state index in [2.05, 4.69) is 0 Å². The van der Waals surface area contributed by atoms with Crippen LogP contribution in [-0.2, 0) is 0 Å². The van der Waals surface area contributed by atoms with E-state index >= 15 is 0 Å². The van der Waals surface area contributed by atoms with Crippen LogP contribution in [0.5, 0.6) is 0 Å². The Morgan fingerprint density at radius 3 is 1.73 bits per heavy atom. The lowest BCUT2D eigenvalue weighted by Crippen LogP contribution is -2.17. The molecule has 4 aromatic rings. The van der Waals surface area contributed by atoms with Gasteiger partial charge in [0.15, 0.2) is 0 Å². The number of aromatic nitrogens is 1. The first-order chi connectivity index (χ1) is 21.8. The van der Waals surface area contributed by atoms with Crippen molar-refractivity contribution in [2.75, 3.05) is 0 Å². The maximum atomic E-state index is 14.9. The summed E-state index contributed by atoms with van der Waals surface area (Å²) in [7, 11) is -2.87. The fraction of sp³-hybridized carbons (Fsp3) is 0.0278. The van der Waals surface area contributed by atoms with Gasteiger partial charge >= 0.3 is 7.40 Å². The molecule has 45 heavy (non-hydrogen) atoms. The number of nitriles is 4. The summed E-state index contributed by atoms with van der Waals surface area (Å²) in [6.07, 6.45) is 6.55. The third kappa shape index (κ3) is 6.45. The molecule has 0 radical (unpaired) electrons. The summed E-state index contributed by atoms with van der Waals surface area (Å²) in [4.78, 5) is 4.84. The lowest BCUT2D eigenvalue weighted by molar-refractivity contribution is 0.630. The molecule has 212 valence electrons. The Hall–Kier alpha value is -6.55. The van der Waals surface area contributed by atoms with Crippen molar-refractivity contribution in [3.05, 3.63) is 147 Å². The van der Waals surface area contributed by atoms with Crippen LogP contribution in [0.2, 0.25) is 0 Å². The van der Waals surface area contributed by atoms with E-state index in [0.29, 0.717) is 39.4 Å². The fourth-order valence-electron chi connectivity index (χ4n) is 4.92. The molecule has 0 unspecified atom stereocenters. The van der Waals surface area contributed by atoms with E-state index in [0.717, 1.165) is 21.2 Å². The van der Waals surface area contributed by atoms with Crippen LogP contribution in [0.3, 0.4) is 0 Å². The van der Waals surface area contributed by atoms with Gasteiger partial charge in [-0.25, -0.2) is 4.99 Å². The van der Waals surface area contributed by atoms with Gasteiger partial charge in [0.25, 0.3) is 0 Å². The van der Waals surface area contributed by atoms with E-state index in [1.54, 1.807) is 54.6 Å². The maximum absolute atomic E-state index is 14.9. The number of benzene rings is 3. The largest absolute Gasteiger partial charge is 0.678 e. The Labute approximate surface area is 259 Å². The summed E-state index contributed by atoms with van der Waals surface area (Å²) < 4.78 is 30.7. The number of allylic oxidation sites excluding steroid dienone is 4. The summed E-state index contributed by atoms with van der Waals surface area (Å²) in [6, 6.07) is 32.1. The molecule has 6 nitrogen and oxygen atoms in total. The Morgan fingerprint density at radius 2 is 1.22 bits per heavy atom. The van der Waals surface area contributed by atoms with Crippen LogP contribution in [-0.4, -0.2) is 17.6 Å². The van der Waals surface area contributed by atoms with Crippen LogP contribution < -0.4 is 0 Å². The molecule has 0 saturated heterocycles. The number of aryl methyl sites for hydroxylation is 1. The molecular formula is C36H21BF2N6. The fourth-order valence-corrected chi connectivity index (χ4v) is 4.92. The van der Waals surface area contributed by atoms with Crippen LogP contribution >= 0.6 is 0 Å². The van der Waals surface area contributed by atoms with Gasteiger partial charge in [-0.2, -0.15) is 21.0 Å². The molecule has 2 heterocycles. The average molecular weight is 586 g/mol. The second-order valence-electron chi connectivity index (χ2n) is 10.0. The molecular weight excluding hydrogens is 565 g/mol. The molecule has 9 heteroatoms. The highest BCUT2D eigenvalue weighted by molar-refractivity contribution is 6.42. The van der Waals surface area contributed by atoms with Gasteiger partial charge in [0.05, 0.1) is 11.4 Å². The van der Waals surface area contributed by atoms with Gasteiger partial charge < -0.3 is 4.48 Å². The molecule has 0 bridgehead atoms. The molecule has 0 spiro atoms. The molecule has 0 atom stereocenters. The number of nitrogens with zero attached hydrogens (tertiary/aromatic N) is 6. The maximum Gasteiger partial charge on any atom is 0.678 e. The summed E-state index contributed by atoms with van der Waals surface area (Å²) in [5.74, 6) is 0. The predicted octanol–water partition coefficient (Wildman–Crippen LogP) is 7.92. The van der Waals surface area contributed by atoms with Crippen LogP contribution in [0, 0.1) is 52.2 Å². The zero-order valence-electron chi connectivity index (χ0n) is 23.9. The SMILES string of the molecule is Cc1ccc(/C(=C2/C=CC(c3ccc(C=C(C#N)C#N)cc3)=N2)c2ccc(-c3ccc(C=C(C#N)C#N)cc3)n2B(F)F)cc1. The molecule has 0 saturated carbocycles. The molecule has 1 aliphatic rings. The third-order valence-electron chi connectivity index (χ3n) is 7.12. The van der Waals surface area contributed by atoms with Crippen molar-refractivity contribution in [3.8, 4) is 35.5 Å². The van der Waals surface area contributed by atoms with E-state index < -0.39 is 7.40 Å². The molecule has 1 aliphatic heterocycles. The molecule has 0 N–H and O–H groups in total. The van der Waals surface area contributed by atoms with Gasteiger partial charge in [0.2, 0.25) is 0 Å². The summed E-state index contributed by atoms with van der Waals surface area (Å²) >= 11 is 0. The summed E-state index contributed by atoms with van der Waals surface area (Å²) in [5.41, 5.74) is 6.58. The second-order valence-corrected chi connectivity index (χ2v) is 10.0. The zero-order chi connectivity index (χ0) is 31.9. The highest BCUT2D eigenvalue weighted by Gasteiger charge is 2.28. The smallest absolute Gasteiger partial charge is 0.325 e. The molecule has 0 amide bonds. The van der Waals surface area contributed by atoms with Crippen molar-refractivity contribution in [2.45, 2.75) is 6.92 Å². The molecule has 1 aromatic heterocycles. The van der Waals surface area contributed by atoms with Gasteiger partial charge in [0.1, 0.15) is 35.4 Å². The van der Waals surface area contributed by atoms with Crippen LogP contribution in [0.15, 0.2) is 119 Å². The first-order valence-electron chi connectivity index (χ1n) is 13.7. The predicted molar refractivity (Wildman–Crippen MR) is 171 cm³/mol. The summed E-state index contributed by atoms with van der Waals surface area (Å²) in [6.45, 7) is 1.95. The highest BCUT2D eigenvalue weighted by atomic mass is 19.2. The van der Waals surface area contributed by atoms with Crippen molar-refractivity contribution in [3.63, 3.8) is 0 Å². The van der Waals surface area contributed by atoms with Gasteiger partial charge in [-0.15, -0.1) is 0 Å². The molecule has 0 aliphatic carbocycles. The van der Waals surface area contributed by atoms with Gasteiger partial charge in [0, 0.05) is 22.5 Å².